The SMILES string of the molecule is CC(O)C=CCCC(C)O. The van der Waals surface area contributed by atoms with Crippen LogP contribution in [0.3, 0.4) is 0 Å². The Labute approximate surface area is 62.2 Å². The number of allylic oxidation sites excluding steroid dienone is 1. The van der Waals surface area contributed by atoms with Crippen molar-refractivity contribution >= 4 is 0 Å². The van der Waals surface area contributed by atoms with E-state index < -0.39 is 0 Å². The molecule has 0 saturated carbocycles. The minimum absolute atomic E-state index is 0.237. The van der Waals surface area contributed by atoms with Crippen LogP contribution in [0.1, 0.15) is 26.7 Å². The molecule has 0 amide bonds. The number of rotatable bonds is 4. The molecule has 0 radical (unpaired) electrons. The average molecular weight is 144 g/mol. The summed E-state index contributed by atoms with van der Waals surface area (Å²) in [4.78, 5) is 0. The van der Waals surface area contributed by atoms with Gasteiger partial charge in [0.2, 0.25) is 0 Å². The van der Waals surface area contributed by atoms with E-state index in [1.165, 1.54) is 0 Å². The Balaban J connectivity index is 3.19. The van der Waals surface area contributed by atoms with Crippen molar-refractivity contribution in [1.29, 1.82) is 0 Å². The number of aliphatic hydroxyl groups is 2. The van der Waals surface area contributed by atoms with Crippen LogP contribution in [-0.4, -0.2) is 22.4 Å². The molecule has 0 saturated heterocycles. The largest absolute Gasteiger partial charge is 0.393 e. The average Bonchev–Trinajstić information content (AvgIpc) is 1.79. The van der Waals surface area contributed by atoms with Crippen LogP contribution in [0, 0.1) is 0 Å². The van der Waals surface area contributed by atoms with Crippen LogP contribution >= 0.6 is 0 Å². The molecule has 0 fully saturated rings. The molecular weight excluding hydrogens is 128 g/mol. The summed E-state index contributed by atoms with van der Waals surface area (Å²) in [6.07, 6.45) is 4.61. The quantitative estimate of drug-likeness (QED) is 0.580. The van der Waals surface area contributed by atoms with E-state index in [4.69, 9.17) is 10.2 Å². The fourth-order valence-corrected chi connectivity index (χ4v) is 0.631. The van der Waals surface area contributed by atoms with Crippen LogP contribution in [0.4, 0.5) is 0 Å². The second-order valence-electron chi connectivity index (χ2n) is 2.60. The van der Waals surface area contributed by atoms with Crippen LogP contribution in [0.25, 0.3) is 0 Å². The van der Waals surface area contributed by atoms with Gasteiger partial charge in [-0.2, -0.15) is 0 Å². The van der Waals surface area contributed by atoms with Crippen molar-refractivity contribution in [1.82, 2.24) is 0 Å². The van der Waals surface area contributed by atoms with Gasteiger partial charge in [0, 0.05) is 0 Å². The van der Waals surface area contributed by atoms with Gasteiger partial charge >= 0.3 is 0 Å². The third kappa shape index (κ3) is 7.66. The Morgan fingerprint density at radius 2 is 1.90 bits per heavy atom. The molecule has 0 rings (SSSR count). The molecular formula is C8H16O2. The lowest BCUT2D eigenvalue weighted by Gasteiger charge is -1.98. The molecule has 2 N–H and O–H groups in total. The van der Waals surface area contributed by atoms with E-state index in [1.807, 2.05) is 6.08 Å². The third-order valence-electron chi connectivity index (χ3n) is 1.17. The monoisotopic (exact) mass is 144 g/mol. The van der Waals surface area contributed by atoms with E-state index in [2.05, 4.69) is 0 Å². The van der Waals surface area contributed by atoms with Gasteiger partial charge < -0.3 is 10.2 Å². The molecule has 0 spiro atoms. The van der Waals surface area contributed by atoms with Crippen molar-refractivity contribution in [2.75, 3.05) is 0 Å². The van der Waals surface area contributed by atoms with Gasteiger partial charge in [-0.15, -0.1) is 0 Å². The fraction of sp³-hybridized carbons (Fsp3) is 0.750. The highest BCUT2D eigenvalue weighted by atomic mass is 16.3. The lowest BCUT2D eigenvalue weighted by atomic mass is 10.2. The summed E-state index contributed by atoms with van der Waals surface area (Å²) in [6.45, 7) is 3.47. The molecule has 0 aliphatic heterocycles. The van der Waals surface area contributed by atoms with Gasteiger partial charge in [-0.25, -0.2) is 0 Å². The van der Waals surface area contributed by atoms with E-state index >= 15 is 0 Å². The van der Waals surface area contributed by atoms with Gasteiger partial charge in [0.25, 0.3) is 0 Å². The summed E-state index contributed by atoms with van der Waals surface area (Å²) in [7, 11) is 0. The van der Waals surface area contributed by atoms with E-state index in [1.54, 1.807) is 19.9 Å². The molecule has 0 heterocycles. The highest BCUT2D eigenvalue weighted by Crippen LogP contribution is 1.97. The van der Waals surface area contributed by atoms with Crippen LogP contribution in [-0.2, 0) is 0 Å². The molecule has 2 heteroatoms. The van der Waals surface area contributed by atoms with Crippen LogP contribution in [0.5, 0.6) is 0 Å². The predicted octanol–water partition coefficient (Wildman–Crippen LogP) is 1.08. The standard InChI is InChI=1S/C8H16O2/c1-7(9)5-3-4-6-8(2)10/h3,5,7-10H,4,6H2,1-2H3. The van der Waals surface area contributed by atoms with E-state index in [-0.39, 0.29) is 12.2 Å². The summed E-state index contributed by atoms with van der Waals surface area (Å²) >= 11 is 0. The summed E-state index contributed by atoms with van der Waals surface area (Å²) < 4.78 is 0. The van der Waals surface area contributed by atoms with Crippen molar-refractivity contribution in [3.05, 3.63) is 12.2 Å². The molecule has 2 unspecified atom stereocenters. The van der Waals surface area contributed by atoms with Crippen molar-refractivity contribution in [2.24, 2.45) is 0 Å². The van der Waals surface area contributed by atoms with E-state index in [0.29, 0.717) is 0 Å². The molecule has 2 atom stereocenters. The highest BCUT2D eigenvalue weighted by Gasteiger charge is 1.91. The lowest BCUT2D eigenvalue weighted by Crippen LogP contribution is -1.97. The Morgan fingerprint density at radius 3 is 2.30 bits per heavy atom. The molecule has 0 aliphatic rings. The van der Waals surface area contributed by atoms with Crippen LogP contribution < -0.4 is 0 Å². The topological polar surface area (TPSA) is 40.5 Å². The summed E-state index contributed by atoms with van der Waals surface area (Å²) in [6, 6.07) is 0. The zero-order valence-corrected chi connectivity index (χ0v) is 6.62. The molecule has 0 aliphatic carbocycles. The maximum Gasteiger partial charge on any atom is 0.0692 e. The first-order valence-corrected chi connectivity index (χ1v) is 3.65. The number of hydrogen-bond acceptors (Lipinski definition) is 2. The van der Waals surface area contributed by atoms with E-state index in [9.17, 15) is 0 Å². The summed E-state index contributed by atoms with van der Waals surface area (Å²) in [5, 5.41) is 17.6. The van der Waals surface area contributed by atoms with Crippen LogP contribution in [0.2, 0.25) is 0 Å². The maximum atomic E-state index is 8.82. The van der Waals surface area contributed by atoms with Crippen molar-refractivity contribution in [3.8, 4) is 0 Å². The normalized spacial score (nSPS) is 17.6. The molecule has 0 aromatic heterocycles. The molecule has 10 heavy (non-hydrogen) atoms. The first kappa shape index (κ1) is 9.66. The second kappa shape index (κ2) is 5.45. The Kier molecular flexibility index (Phi) is 5.26. The van der Waals surface area contributed by atoms with Gasteiger partial charge in [-0.1, -0.05) is 12.2 Å². The molecule has 0 aromatic carbocycles. The molecule has 0 bridgehead atoms. The Bertz CT molecular complexity index is 95.4. The zero-order chi connectivity index (χ0) is 7.98. The first-order valence-electron chi connectivity index (χ1n) is 3.65. The van der Waals surface area contributed by atoms with Gasteiger partial charge in [0.05, 0.1) is 12.2 Å². The van der Waals surface area contributed by atoms with Gasteiger partial charge in [0.15, 0.2) is 0 Å². The molecule has 0 aromatic rings. The smallest absolute Gasteiger partial charge is 0.0692 e. The van der Waals surface area contributed by atoms with Gasteiger partial charge in [-0.3, -0.25) is 0 Å². The fourth-order valence-electron chi connectivity index (χ4n) is 0.631. The zero-order valence-electron chi connectivity index (χ0n) is 6.62. The third-order valence-corrected chi connectivity index (χ3v) is 1.17. The van der Waals surface area contributed by atoms with Crippen molar-refractivity contribution in [2.45, 2.75) is 38.9 Å². The van der Waals surface area contributed by atoms with Crippen molar-refractivity contribution in [3.63, 3.8) is 0 Å². The van der Waals surface area contributed by atoms with Crippen LogP contribution in [0.15, 0.2) is 12.2 Å². The first-order chi connectivity index (χ1) is 4.63. The summed E-state index contributed by atoms with van der Waals surface area (Å²) in [5.41, 5.74) is 0. The van der Waals surface area contributed by atoms with E-state index in [0.717, 1.165) is 12.8 Å². The minimum Gasteiger partial charge on any atom is -0.393 e. The predicted molar refractivity (Wildman–Crippen MR) is 41.7 cm³/mol. The Morgan fingerprint density at radius 1 is 1.30 bits per heavy atom. The van der Waals surface area contributed by atoms with Crippen molar-refractivity contribution < 1.29 is 10.2 Å². The minimum atomic E-state index is -0.367. The number of hydrogen-bond donors (Lipinski definition) is 2. The number of aliphatic hydroxyl groups excluding tert-OH is 2. The lowest BCUT2D eigenvalue weighted by molar-refractivity contribution is 0.185. The van der Waals surface area contributed by atoms with Gasteiger partial charge in [-0.05, 0) is 26.7 Å². The Hall–Kier alpha value is -0.340. The maximum absolute atomic E-state index is 8.82. The second-order valence-corrected chi connectivity index (χ2v) is 2.60. The summed E-state index contributed by atoms with van der Waals surface area (Å²) in [5.74, 6) is 0. The highest BCUT2D eigenvalue weighted by molar-refractivity contribution is 4.86. The molecule has 2 nitrogen and oxygen atoms in total. The van der Waals surface area contributed by atoms with Gasteiger partial charge in [0.1, 0.15) is 0 Å². The molecule has 60 valence electrons.